The maximum absolute atomic E-state index is 13.5. The van der Waals surface area contributed by atoms with Crippen LogP contribution in [-0.2, 0) is 25.7 Å². The van der Waals surface area contributed by atoms with Gasteiger partial charge in [-0.1, -0.05) is 66.2 Å². The number of fused-ring (bicyclic) bond motifs is 1. The second-order valence-electron chi connectivity index (χ2n) is 13.4. The van der Waals surface area contributed by atoms with Crippen LogP contribution in [0.5, 0.6) is 0 Å². The summed E-state index contributed by atoms with van der Waals surface area (Å²) >= 11 is 0. The molecule has 2 unspecified atom stereocenters. The molecular weight excluding hydrogens is 614 g/mol. The summed E-state index contributed by atoms with van der Waals surface area (Å²) in [5.74, 6) is -3.43. The van der Waals surface area contributed by atoms with Gasteiger partial charge in [0, 0.05) is 36.7 Å². The molecule has 0 bridgehead atoms. The third-order valence-corrected chi connectivity index (χ3v) is 9.40. The minimum Gasteiger partial charge on any atom is -0.451 e. The zero-order valence-electron chi connectivity index (χ0n) is 29.2. The van der Waals surface area contributed by atoms with Gasteiger partial charge in [-0.2, -0.15) is 0 Å². The first kappa shape index (κ1) is 37.7. The third kappa shape index (κ3) is 8.59. The number of pyridine rings is 1. The van der Waals surface area contributed by atoms with Crippen LogP contribution >= 0.6 is 0 Å². The standard InChI is InChI=1S/C36H49N5O7/c1-9-19-36(7,35(4,5)6)28(10-2)40-29(43)21-41-20-13-15-25(34(41)47)39-31(44)24(17-18-26(42)32(45)37-8)38-33(46)30-22(3)23-14-11-12-16-27(23)48-30/h11-16,20,24,28H,9-10,17-19,21H2,1-8H3,(H,37,45)(H,38,46)(H,39,44)(H,40,43)/t24-,28?,36?/m0/s1. The molecule has 4 amide bonds. The lowest BCUT2D eigenvalue weighted by molar-refractivity contribution is -0.137. The van der Waals surface area contributed by atoms with Crippen molar-refractivity contribution < 1.29 is 28.4 Å². The number of rotatable bonds is 15. The van der Waals surface area contributed by atoms with Crippen LogP contribution in [0.2, 0.25) is 0 Å². The number of benzene rings is 1. The van der Waals surface area contributed by atoms with Gasteiger partial charge in [-0.25, -0.2) is 0 Å². The van der Waals surface area contributed by atoms with Gasteiger partial charge in [0.25, 0.3) is 17.4 Å². The molecule has 260 valence electrons. The van der Waals surface area contributed by atoms with Gasteiger partial charge >= 0.3 is 0 Å². The van der Waals surface area contributed by atoms with E-state index in [4.69, 9.17) is 4.42 Å². The number of aryl methyl sites for hydroxylation is 1. The van der Waals surface area contributed by atoms with Crippen LogP contribution in [0.1, 0.15) is 89.8 Å². The minimum absolute atomic E-state index is 0.00779. The predicted octanol–water partition coefficient (Wildman–Crippen LogP) is 4.48. The molecule has 12 nitrogen and oxygen atoms in total. The lowest BCUT2D eigenvalue weighted by atomic mass is 9.60. The molecule has 2 heterocycles. The second kappa shape index (κ2) is 15.9. The van der Waals surface area contributed by atoms with Crippen LogP contribution in [0.3, 0.4) is 0 Å². The number of ketones is 1. The Morgan fingerprint density at radius 2 is 1.65 bits per heavy atom. The van der Waals surface area contributed by atoms with E-state index in [1.807, 2.05) is 6.92 Å². The summed E-state index contributed by atoms with van der Waals surface area (Å²) in [6.45, 7) is 14.3. The number of amides is 4. The van der Waals surface area contributed by atoms with Gasteiger partial charge in [0.15, 0.2) is 5.76 Å². The highest BCUT2D eigenvalue weighted by atomic mass is 16.3. The van der Waals surface area contributed by atoms with Crippen molar-refractivity contribution in [3.63, 3.8) is 0 Å². The van der Waals surface area contributed by atoms with Gasteiger partial charge < -0.3 is 30.3 Å². The number of likely N-dealkylation sites (N-methyl/N-ethyl adjacent to an activating group) is 1. The highest BCUT2D eigenvalue weighted by molar-refractivity contribution is 6.36. The zero-order valence-corrected chi connectivity index (χ0v) is 29.2. The second-order valence-corrected chi connectivity index (χ2v) is 13.4. The molecule has 2 aromatic heterocycles. The maximum Gasteiger partial charge on any atom is 0.287 e. The first-order chi connectivity index (χ1) is 22.6. The molecule has 0 saturated carbocycles. The molecule has 0 spiro atoms. The molecule has 0 aliphatic rings. The van der Waals surface area contributed by atoms with E-state index >= 15 is 0 Å². The van der Waals surface area contributed by atoms with Crippen molar-refractivity contribution in [2.75, 3.05) is 12.4 Å². The number of para-hydroxylation sites is 1. The first-order valence-corrected chi connectivity index (χ1v) is 16.4. The average molecular weight is 664 g/mol. The summed E-state index contributed by atoms with van der Waals surface area (Å²) in [6.07, 6.45) is 3.47. The average Bonchev–Trinajstić information content (AvgIpc) is 3.38. The van der Waals surface area contributed by atoms with E-state index in [1.165, 1.54) is 29.9 Å². The van der Waals surface area contributed by atoms with Crippen molar-refractivity contribution in [1.82, 2.24) is 20.5 Å². The van der Waals surface area contributed by atoms with E-state index in [2.05, 4.69) is 55.9 Å². The number of anilines is 1. The zero-order chi connectivity index (χ0) is 35.8. The quantitative estimate of drug-likeness (QED) is 0.174. The van der Waals surface area contributed by atoms with Crippen molar-refractivity contribution >= 4 is 46.1 Å². The van der Waals surface area contributed by atoms with Crippen molar-refractivity contribution in [1.29, 1.82) is 0 Å². The number of aromatic nitrogens is 1. The highest BCUT2D eigenvalue weighted by Gasteiger charge is 2.43. The lowest BCUT2D eigenvalue weighted by Crippen LogP contribution is -2.53. The molecule has 4 N–H and O–H groups in total. The van der Waals surface area contributed by atoms with Gasteiger partial charge in [0.2, 0.25) is 17.6 Å². The van der Waals surface area contributed by atoms with Crippen LogP contribution in [0, 0.1) is 17.8 Å². The molecule has 0 aliphatic heterocycles. The summed E-state index contributed by atoms with van der Waals surface area (Å²) in [4.78, 5) is 77.6. The van der Waals surface area contributed by atoms with E-state index in [0.29, 0.717) is 17.6 Å². The predicted molar refractivity (Wildman–Crippen MR) is 185 cm³/mol. The van der Waals surface area contributed by atoms with E-state index in [1.54, 1.807) is 31.2 Å². The van der Waals surface area contributed by atoms with Crippen molar-refractivity contribution in [3.8, 4) is 0 Å². The van der Waals surface area contributed by atoms with Crippen molar-refractivity contribution in [2.24, 2.45) is 10.8 Å². The molecule has 12 heteroatoms. The van der Waals surface area contributed by atoms with Crippen LogP contribution in [0.15, 0.2) is 51.8 Å². The number of hydrogen-bond acceptors (Lipinski definition) is 7. The molecule has 3 aromatic rings. The first-order valence-electron chi connectivity index (χ1n) is 16.4. The lowest BCUT2D eigenvalue weighted by Gasteiger charge is -2.48. The summed E-state index contributed by atoms with van der Waals surface area (Å²) in [6, 6.07) is 8.56. The molecule has 0 radical (unpaired) electrons. The molecule has 3 atom stereocenters. The number of carbonyl (C=O) groups excluding carboxylic acids is 5. The van der Waals surface area contributed by atoms with Crippen LogP contribution in [0.25, 0.3) is 11.0 Å². The Bertz CT molecular complexity index is 1720. The van der Waals surface area contributed by atoms with Gasteiger partial charge in [-0.15, -0.1) is 0 Å². The Morgan fingerprint density at radius 1 is 0.958 bits per heavy atom. The van der Waals surface area contributed by atoms with E-state index in [9.17, 15) is 28.8 Å². The summed E-state index contributed by atoms with van der Waals surface area (Å²) < 4.78 is 6.94. The Kier molecular flexibility index (Phi) is 12.5. The number of Topliss-reactive ketones (excluding diaryl/α,β-unsaturated/α-hetero) is 1. The molecular formula is C36H49N5O7. The van der Waals surface area contributed by atoms with Gasteiger partial charge in [0.05, 0.1) is 0 Å². The number of hydrogen-bond donors (Lipinski definition) is 4. The van der Waals surface area contributed by atoms with Crippen LogP contribution < -0.4 is 26.8 Å². The molecule has 0 fully saturated rings. The molecule has 1 aromatic carbocycles. The van der Waals surface area contributed by atoms with Crippen molar-refractivity contribution in [2.45, 2.75) is 99.2 Å². The summed E-state index contributed by atoms with van der Waals surface area (Å²) in [5.41, 5.74) is 0.0366. The van der Waals surface area contributed by atoms with E-state index in [-0.39, 0.29) is 53.6 Å². The highest BCUT2D eigenvalue weighted by Crippen LogP contribution is 2.46. The van der Waals surface area contributed by atoms with Gasteiger partial charge in [-0.3, -0.25) is 28.8 Å². The fourth-order valence-corrected chi connectivity index (χ4v) is 6.09. The number of furan rings is 1. The van der Waals surface area contributed by atoms with E-state index in [0.717, 1.165) is 18.2 Å². The molecule has 48 heavy (non-hydrogen) atoms. The summed E-state index contributed by atoms with van der Waals surface area (Å²) in [5, 5.41) is 11.2. The number of nitrogens with zero attached hydrogens (tertiary/aromatic N) is 1. The Hall–Kier alpha value is -4.74. The third-order valence-electron chi connectivity index (χ3n) is 9.40. The normalized spacial score (nSPS) is 14.0. The molecule has 0 saturated heterocycles. The van der Waals surface area contributed by atoms with Crippen LogP contribution in [0.4, 0.5) is 5.69 Å². The SMILES string of the molecule is CCCC(C)(C(CC)NC(=O)Cn1cccc(NC(=O)[C@H](CCC(=O)C(=O)NC)NC(=O)c2oc3ccccc3c2C)c1=O)C(C)(C)C. The van der Waals surface area contributed by atoms with Crippen LogP contribution in [-0.4, -0.2) is 53.1 Å². The van der Waals surface area contributed by atoms with Crippen molar-refractivity contribution in [3.05, 3.63) is 64.3 Å². The van der Waals surface area contributed by atoms with Gasteiger partial charge in [0.1, 0.15) is 23.9 Å². The Morgan fingerprint density at radius 3 is 2.25 bits per heavy atom. The number of nitrogens with one attached hydrogen (secondary N) is 4. The number of carbonyl (C=O) groups is 5. The fraction of sp³-hybridized carbons (Fsp3) is 0.500. The Labute approximate surface area is 281 Å². The minimum atomic E-state index is -1.31. The fourth-order valence-electron chi connectivity index (χ4n) is 6.09. The molecule has 3 rings (SSSR count). The Balaban J connectivity index is 1.82. The van der Waals surface area contributed by atoms with Gasteiger partial charge in [-0.05, 0) is 55.2 Å². The monoisotopic (exact) mass is 663 g/mol. The summed E-state index contributed by atoms with van der Waals surface area (Å²) in [7, 11) is 1.31. The maximum atomic E-state index is 13.5. The largest absolute Gasteiger partial charge is 0.451 e. The smallest absolute Gasteiger partial charge is 0.287 e. The van der Waals surface area contributed by atoms with E-state index < -0.39 is 35.1 Å². The molecule has 0 aliphatic carbocycles. The topological polar surface area (TPSA) is 169 Å².